The molecule has 0 aromatic carbocycles. The van der Waals surface area contributed by atoms with E-state index in [4.69, 9.17) is 14.5 Å². The smallest absolute Gasteiger partial charge is 0.321 e. The van der Waals surface area contributed by atoms with Crippen LogP contribution in [-0.2, 0) is 21.1 Å². The number of morpholine rings is 1. The van der Waals surface area contributed by atoms with Crippen LogP contribution in [-0.4, -0.2) is 54.1 Å². The third-order valence-corrected chi connectivity index (χ3v) is 2.61. The second-order valence-corrected chi connectivity index (χ2v) is 5.44. The van der Waals surface area contributed by atoms with E-state index in [-0.39, 0.29) is 6.61 Å². The van der Waals surface area contributed by atoms with Crippen LogP contribution in [0.15, 0.2) is 0 Å². The van der Waals surface area contributed by atoms with E-state index in [1.807, 2.05) is 0 Å². The molecule has 0 aromatic heterocycles. The van der Waals surface area contributed by atoms with Crippen molar-refractivity contribution in [3.8, 4) is 0 Å². The van der Waals surface area contributed by atoms with Gasteiger partial charge >= 0.3 is 6.72 Å². The quantitative estimate of drug-likeness (QED) is 0.634. The Morgan fingerprint density at radius 2 is 2.00 bits per heavy atom. The van der Waals surface area contributed by atoms with Gasteiger partial charge in [-0.3, -0.25) is 4.90 Å². The van der Waals surface area contributed by atoms with E-state index < -0.39 is 6.72 Å². The summed E-state index contributed by atoms with van der Waals surface area (Å²) in [6.07, 6.45) is 0. The first-order valence-corrected chi connectivity index (χ1v) is 6.71. The van der Waals surface area contributed by atoms with Crippen molar-refractivity contribution in [1.82, 2.24) is 4.90 Å². The zero-order chi connectivity index (χ0) is 9.73. The Labute approximate surface area is 82.5 Å². The van der Waals surface area contributed by atoms with E-state index in [2.05, 4.69) is 21.2 Å². The van der Waals surface area contributed by atoms with Crippen LogP contribution in [0.1, 0.15) is 0 Å². The maximum absolute atomic E-state index is 8.76. The van der Waals surface area contributed by atoms with Crippen LogP contribution >= 0.6 is 6.72 Å². The molecular weight excluding hydrogens is 213 g/mol. The van der Waals surface area contributed by atoms with Crippen molar-refractivity contribution in [2.24, 2.45) is 0 Å². The van der Waals surface area contributed by atoms with Crippen LogP contribution < -0.4 is 0 Å². The minimum Gasteiger partial charge on any atom is -0.379 e. The van der Waals surface area contributed by atoms with Crippen LogP contribution in [0.3, 0.4) is 0 Å². The normalized spacial score (nSPS) is 20.5. The molecule has 0 saturated carbocycles. The predicted molar refractivity (Wildman–Crippen MR) is 51.9 cm³/mol. The molecule has 0 radical (unpaired) electrons. The molecule has 0 atom stereocenters. The lowest BCUT2D eigenvalue weighted by Gasteiger charge is -2.26. The minimum atomic E-state index is -3.46. The molecule has 1 rings (SSSR count). The minimum absolute atomic E-state index is 0.268. The van der Waals surface area contributed by atoms with Gasteiger partial charge in [0.2, 0.25) is 0 Å². The molecule has 0 aromatic rings. The number of hydrogen-bond donors (Lipinski definition) is 2. The second-order valence-electron chi connectivity index (χ2n) is 2.78. The molecule has 78 valence electrons. The number of rotatable bonds is 4. The molecule has 0 spiro atoms. The van der Waals surface area contributed by atoms with Crippen LogP contribution in [0.25, 0.3) is 0 Å². The molecule has 1 aliphatic heterocycles. The molecule has 1 aliphatic rings. The Balaban J connectivity index is 2.08. The Morgan fingerprint density at radius 3 is 2.54 bits per heavy atom. The van der Waals surface area contributed by atoms with Gasteiger partial charge in [-0.1, -0.05) is 0 Å². The highest BCUT2D eigenvalue weighted by Crippen LogP contribution is 2.35. The highest BCUT2D eigenvalue weighted by molar-refractivity contribution is 8.06. The van der Waals surface area contributed by atoms with Crippen LogP contribution in [0, 0.1) is 0 Å². The number of ether oxygens (including phenoxy) is 1. The van der Waals surface area contributed by atoms with Gasteiger partial charge in [0.15, 0.2) is 0 Å². The highest BCUT2D eigenvalue weighted by Gasteiger charge is 2.12. The molecule has 0 bridgehead atoms. The van der Waals surface area contributed by atoms with Crippen molar-refractivity contribution in [3.63, 3.8) is 0 Å². The molecule has 13 heavy (non-hydrogen) atoms. The standard InChI is InChI=1S/C6H14NO4PS/c8-12(9,13)11-6-3-7-1-4-10-5-2-7/h1-6H2,(H2,8,9,13). The third kappa shape index (κ3) is 5.70. The molecule has 5 nitrogen and oxygen atoms in total. The van der Waals surface area contributed by atoms with E-state index in [1.54, 1.807) is 0 Å². The lowest BCUT2D eigenvalue weighted by Crippen LogP contribution is -2.38. The van der Waals surface area contributed by atoms with Gasteiger partial charge in [0, 0.05) is 19.6 Å². The van der Waals surface area contributed by atoms with E-state index in [0.29, 0.717) is 6.54 Å². The van der Waals surface area contributed by atoms with Crippen molar-refractivity contribution in [1.29, 1.82) is 0 Å². The second kappa shape index (κ2) is 5.36. The first-order chi connectivity index (χ1) is 6.08. The fraction of sp³-hybridized carbons (Fsp3) is 1.00. The fourth-order valence-electron chi connectivity index (χ4n) is 1.11. The summed E-state index contributed by atoms with van der Waals surface area (Å²) in [4.78, 5) is 19.7. The summed E-state index contributed by atoms with van der Waals surface area (Å²) < 4.78 is 9.84. The Hall–Kier alpha value is 0.450. The first-order valence-electron chi connectivity index (χ1n) is 4.08. The lowest BCUT2D eigenvalue weighted by molar-refractivity contribution is 0.0315. The van der Waals surface area contributed by atoms with Gasteiger partial charge in [-0.05, 0) is 11.8 Å². The summed E-state index contributed by atoms with van der Waals surface area (Å²) in [5.41, 5.74) is 0. The van der Waals surface area contributed by atoms with Gasteiger partial charge in [-0.15, -0.1) is 0 Å². The van der Waals surface area contributed by atoms with Gasteiger partial charge < -0.3 is 19.0 Å². The maximum atomic E-state index is 8.76. The largest absolute Gasteiger partial charge is 0.379 e. The summed E-state index contributed by atoms with van der Waals surface area (Å²) in [7, 11) is 0. The SMILES string of the molecule is OP(O)(=S)OCCN1CCOCC1. The number of nitrogens with zero attached hydrogens (tertiary/aromatic N) is 1. The van der Waals surface area contributed by atoms with Crippen molar-refractivity contribution >= 4 is 18.5 Å². The van der Waals surface area contributed by atoms with Crippen molar-refractivity contribution in [2.75, 3.05) is 39.5 Å². The molecule has 7 heteroatoms. The average Bonchev–Trinajstić information content (AvgIpc) is 2.04. The molecule has 0 amide bonds. The van der Waals surface area contributed by atoms with Gasteiger partial charge in [-0.2, -0.15) is 0 Å². The van der Waals surface area contributed by atoms with Crippen molar-refractivity contribution in [3.05, 3.63) is 0 Å². The summed E-state index contributed by atoms with van der Waals surface area (Å²) >= 11 is 4.31. The zero-order valence-corrected chi connectivity index (χ0v) is 8.97. The van der Waals surface area contributed by atoms with Crippen LogP contribution in [0.2, 0.25) is 0 Å². The molecular formula is C6H14NO4PS. The molecule has 0 aliphatic carbocycles. The average molecular weight is 227 g/mol. The van der Waals surface area contributed by atoms with Crippen molar-refractivity contribution < 1.29 is 19.0 Å². The molecule has 0 unspecified atom stereocenters. The van der Waals surface area contributed by atoms with Crippen LogP contribution in [0.4, 0.5) is 0 Å². The molecule has 1 heterocycles. The van der Waals surface area contributed by atoms with Crippen LogP contribution in [0.5, 0.6) is 0 Å². The highest BCUT2D eigenvalue weighted by atomic mass is 32.5. The van der Waals surface area contributed by atoms with Gasteiger partial charge in [0.25, 0.3) is 0 Å². The molecule has 2 N–H and O–H groups in total. The first kappa shape index (κ1) is 11.5. The van der Waals surface area contributed by atoms with E-state index in [0.717, 1.165) is 26.3 Å². The maximum Gasteiger partial charge on any atom is 0.321 e. The van der Waals surface area contributed by atoms with E-state index >= 15 is 0 Å². The van der Waals surface area contributed by atoms with Gasteiger partial charge in [0.05, 0.1) is 19.8 Å². The summed E-state index contributed by atoms with van der Waals surface area (Å²) in [5.74, 6) is 0. The molecule has 1 fully saturated rings. The monoisotopic (exact) mass is 227 g/mol. The summed E-state index contributed by atoms with van der Waals surface area (Å²) in [6, 6.07) is 0. The zero-order valence-electron chi connectivity index (χ0n) is 7.26. The predicted octanol–water partition coefficient (Wildman–Crippen LogP) is -0.456. The van der Waals surface area contributed by atoms with Gasteiger partial charge in [-0.25, -0.2) is 0 Å². The van der Waals surface area contributed by atoms with E-state index in [1.165, 1.54) is 0 Å². The van der Waals surface area contributed by atoms with E-state index in [9.17, 15) is 0 Å². The van der Waals surface area contributed by atoms with Crippen molar-refractivity contribution in [2.45, 2.75) is 0 Å². The van der Waals surface area contributed by atoms with Gasteiger partial charge in [0.1, 0.15) is 0 Å². The lowest BCUT2D eigenvalue weighted by atomic mass is 10.4. The summed E-state index contributed by atoms with van der Waals surface area (Å²) in [5, 5.41) is 0. The summed E-state index contributed by atoms with van der Waals surface area (Å²) in [6.45, 7) is 0.665. The fourth-order valence-corrected chi connectivity index (χ4v) is 1.66. The Kier molecular flexibility index (Phi) is 4.75. The number of hydrogen-bond acceptors (Lipinski definition) is 4. The Morgan fingerprint density at radius 1 is 1.38 bits per heavy atom. The topological polar surface area (TPSA) is 62.2 Å². The third-order valence-electron chi connectivity index (χ3n) is 1.77. The Bertz CT molecular complexity index is 191. The molecule has 1 saturated heterocycles.